The molecule has 2 N–H and O–H groups in total. The van der Waals surface area contributed by atoms with Crippen LogP contribution >= 0.6 is 23.6 Å². The third-order valence-electron chi connectivity index (χ3n) is 5.78. The molecule has 7 heteroatoms. The minimum atomic E-state index is 0.524. The van der Waals surface area contributed by atoms with E-state index in [4.69, 9.17) is 26.7 Å². The van der Waals surface area contributed by atoms with E-state index < -0.39 is 0 Å². The topological polar surface area (TPSA) is 55.4 Å². The Balaban J connectivity index is 1.36. The van der Waals surface area contributed by atoms with Crippen molar-refractivity contribution in [3.8, 4) is 33.3 Å². The first-order chi connectivity index (χ1) is 15.7. The maximum absolute atomic E-state index is 5.47. The lowest BCUT2D eigenvalue weighted by Gasteiger charge is -2.24. The highest BCUT2D eigenvalue weighted by Gasteiger charge is 2.14. The fourth-order valence-electron chi connectivity index (χ4n) is 3.97. The number of rotatable bonds is 7. The van der Waals surface area contributed by atoms with Gasteiger partial charge in [-0.2, -0.15) is 0 Å². The largest absolute Gasteiger partial charge is 0.493 e. The molecule has 168 valence electrons. The third-order valence-corrected chi connectivity index (χ3v) is 6.93. The Morgan fingerprint density at radius 1 is 1.00 bits per heavy atom. The normalized spacial score (nSPS) is 14.1. The fourth-order valence-corrected chi connectivity index (χ4v) is 5.04. The van der Waals surface area contributed by atoms with Crippen LogP contribution in [0.1, 0.15) is 37.7 Å². The number of thiocarbonyl (C=S) groups is 1. The molecule has 5 nitrogen and oxygen atoms in total. The van der Waals surface area contributed by atoms with Gasteiger partial charge in [0.05, 0.1) is 19.9 Å². The van der Waals surface area contributed by atoms with Crippen LogP contribution in [0.2, 0.25) is 0 Å². The van der Waals surface area contributed by atoms with Crippen LogP contribution in [0.4, 0.5) is 0 Å². The predicted molar refractivity (Wildman–Crippen MR) is 136 cm³/mol. The van der Waals surface area contributed by atoms with Gasteiger partial charge in [-0.3, -0.25) is 0 Å². The Hall–Kier alpha value is -2.64. The van der Waals surface area contributed by atoms with Crippen molar-refractivity contribution in [2.75, 3.05) is 14.2 Å². The average molecular weight is 468 g/mol. The molecule has 0 bridgehead atoms. The summed E-state index contributed by atoms with van der Waals surface area (Å²) in [6.45, 7) is 0.716. The summed E-state index contributed by atoms with van der Waals surface area (Å²) < 4.78 is 10.7. The Bertz CT molecular complexity index is 1040. The van der Waals surface area contributed by atoms with Crippen molar-refractivity contribution in [3.05, 3.63) is 53.4 Å². The van der Waals surface area contributed by atoms with Crippen molar-refractivity contribution < 1.29 is 9.47 Å². The second-order valence-electron chi connectivity index (χ2n) is 7.97. The summed E-state index contributed by atoms with van der Waals surface area (Å²) >= 11 is 7.11. The van der Waals surface area contributed by atoms with Crippen molar-refractivity contribution in [2.24, 2.45) is 0 Å². The Labute approximate surface area is 199 Å². The number of aromatic nitrogens is 1. The van der Waals surface area contributed by atoms with Gasteiger partial charge in [0.2, 0.25) is 0 Å². The SMILES string of the molecule is COc1ccc(-c2csc(-c3ccc(CNC(=S)NC4CCCCC4)cc3)n2)cc1OC. The van der Waals surface area contributed by atoms with Gasteiger partial charge in [-0.15, -0.1) is 11.3 Å². The van der Waals surface area contributed by atoms with Gasteiger partial charge in [-0.05, 0) is 48.8 Å². The van der Waals surface area contributed by atoms with Gasteiger partial charge in [0.1, 0.15) is 5.01 Å². The Kier molecular flexibility index (Phi) is 7.60. The number of methoxy groups -OCH3 is 2. The molecule has 1 aliphatic carbocycles. The highest BCUT2D eigenvalue weighted by molar-refractivity contribution is 7.80. The molecule has 0 atom stereocenters. The number of thiazole rings is 1. The third kappa shape index (κ3) is 5.58. The van der Waals surface area contributed by atoms with Gasteiger partial charge in [-0.25, -0.2) is 4.98 Å². The lowest BCUT2D eigenvalue weighted by molar-refractivity contribution is 0.355. The first-order valence-corrected chi connectivity index (χ1v) is 12.3. The second-order valence-corrected chi connectivity index (χ2v) is 9.23. The van der Waals surface area contributed by atoms with Crippen molar-refractivity contribution in [1.82, 2.24) is 15.6 Å². The van der Waals surface area contributed by atoms with Gasteiger partial charge in [0.15, 0.2) is 16.6 Å². The summed E-state index contributed by atoms with van der Waals surface area (Å²) in [5, 5.41) is 10.6. The minimum absolute atomic E-state index is 0.524. The van der Waals surface area contributed by atoms with E-state index in [1.165, 1.54) is 37.7 Å². The second kappa shape index (κ2) is 10.8. The Morgan fingerprint density at radius 2 is 1.72 bits per heavy atom. The molecule has 0 amide bonds. The van der Waals surface area contributed by atoms with Crippen molar-refractivity contribution in [1.29, 1.82) is 0 Å². The monoisotopic (exact) mass is 467 g/mol. The smallest absolute Gasteiger partial charge is 0.166 e. The van der Waals surface area contributed by atoms with E-state index in [0.29, 0.717) is 24.1 Å². The molecule has 0 saturated heterocycles. The summed E-state index contributed by atoms with van der Waals surface area (Å²) in [7, 11) is 3.28. The highest BCUT2D eigenvalue weighted by atomic mass is 32.1. The molecule has 0 radical (unpaired) electrons. The molecular weight excluding hydrogens is 438 g/mol. The van der Waals surface area contributed by atoms with E-state index in [9.17, 15) is 0 Å². The zero-order chi connectivity index (χ0) is 22.3. The van der Waals surface area contributed by atoms with Crippen LogP contribution in [0.15, 0.2) is 47.8 Å². The average Bonchev–Trinajstić information content (AvgIpc) is 3.33. The maximum Gasteiger partial charge on any atom is 0.166 e. The molecule has 2 aromatic carbocycles. The maximum atomic E-state index is 5.47. The van der Waals surface area contributed by atoms with Crippen LogP contribution in [0, 0.1) is 0 Å². The fraction of sp³-hybridized carbons (Fsp3) is 0.360. The van der Waals surface area contributed by atoms with Crippen LogP contribution in [-0.4, -0.2) is 30.4 Å². The highest BCUT2D eigenvalue weighted by Crippen LogP contribution is 2.34. The molecule has 0 unspecified atom stereocenters. The summed E-state index contributed by atoms with van der Waals surface area (Å²) in [4.78, 5) is 4.83. The quantitative estimate of drug-likeness (QED) is 0.429. The van der Waals surface area contributed by atoms with Crippen LogP contribution in [0.3, 0.4) is 0 Å². The van der Waals surface area contributed by atoms with Crippen LogP contribution in [0.25, 0.3) is 21.8 Å². The summed E-state index contributed by atoms with van der Waals surface area (Å²) in [6.07, 6.45) is 6.38. The molecule has 1 aliphatic rings. The van der Waals surface area contributed by atoms with Crippen molar-refractivity contribution >= 4 is 28.7 Å². The number of hydrogen-bond acceptors (Lipinski definition) is 5. The first-order valence-electron chi connectivity index (χ1n) is 11.0. The number of ether oxygens (including phenoxy) is 2. The molecule has 3 aromatic rings. The van der Waals surface area contributed by atoms with Gasteiger partial charge in [0.25, 0.3) is 0 Å². The molecule has 1 fully saturated rings. The summed E-state index contributed by atoms with van der Waals surface area (Å²) in [5.74, 6) is 1.41. The van der Waals surface area contributed by atoms with Crippen molar-refractivity contribution in [2.45, 2.75) is 44.7 Å². The Morgan fingerprint density at radius 3 is 2.44 bits per heavy atom. The van der Waals surface area contributed by atoms with Crippen molar-refractivity contribution in [3.63, 3.8) is 0 Å². The first kappa shape index (κ1) is 22.6. The number of hydrogen-bond donors (Lipinski definition) is 2. The standard InChI is InChI=1S/C25H29N3O2S2/c1-29-22-13-12-19(14-23(22)30-2)21-16-32-24(28-21)18-10-8-17(9-11-18)15-26-25(31)27-20-6-4-3-5-7-20/h8-14,16,20H,3-7,15H2,1-2H3,(H2,26,27,31). The van der Waals surface area contributed by atoms with E-state index >= 15 is 0 Å². The summed E-state index contributed by atoms with van der Waals surface area (Å²) in [5.41, 5.74) is 4.23. The molecular formula is C25H29N3O2S2. The van der Waals surface area contributed by atoms with E-state index in [1.54, 1.807) is 25.6 Å². The molecule has 1 saturated carbocycles. The van der Waals surface area contributed by atoms with E-state index in [1.807, 2.05) is 18.2 Å². The number of nitrogens with zero attached hydrogens (tertiary/aromatic N) is 1. The van der Waals surface area contributed by atoms with Crippen LogP contribution < -0.4 is 20.1 Å². The summed E-state index contributed by atoms with van der Waals surface area (Å²) in [6, 6.07) is 14.9. The lowest BCUT2D eigenvalue weighted by atomic mass is 9.96. The van der Waals surface area contributed by atoms with Crippen LogP contribution in [0.5, 0.6) is 11.5 Å². The van der Waals surface area contributed by atoms with E-state index in [0.717, 1.165) is 26.9 Å². The molecule has 1 heterocycles. The molecule has 32 heavy (non-hydrogen) atoms. The van der Waals surface area contributed by atoms with E-state index in [-0.39, 0.29) is 0 Å². The van der Waals surface area contributed by atoms with Crippen LogP contribution in [-0.2, 0) is 6.54 Å². The van der Waals surface area contributed by atoms with Gasteiger partial charge in [-0.1, -0.05) is 43.5 Å². The zero-order valence-corrected chi connectivity index (χ0v) is 20.2. The van der Waals surface area contributed by atoms with Gasteiger partial charge >= 0.3 is 0 Å². The molecule has 4 rings (SSSR count). The number of nitrogens with one attached hydrogen (secondary N) is 2. The minimum Gasteiger partial charge on any atom is -0.493 e. The molecule has 1 aromatic heterocycles. The lowest BCUT2D eigenvalue weighted by Crippen LogP contribution is -2.42. The van der Waals surface area contributed by atoms with Gasteiger partial charge in [0, 0.05) is 29.1 Å². The molecule has 0 spiro atoms. The van der Waals surface area contributed by atoms with E-state index in [2.05, 4.69) is 40.3 Å². The molecule has 0 aliphatic heterocycles. The zero-order valence-electron chi connectivity index (χ0n) is 18.5. The predicted octanol–water partition coefficient (Wildman–Crippen LogP) is 5.79. The number of benzene rings is 2. The van der Waals surface area contributed by atoms with Gasteiger partial charge < -0.3 is 20.1 Å².